The van der Waals surface area contributed by atoms with E-state index in [4.69, 9.17) is 4.42 Å². The van der Waals surface area contributed by atoms with Gasteiger partial charge in [-0.1, -0.05) is 18.2 Å². The molecule has 0 saturated carbocycles. The number of amides is 1. The number of carbonyl (C=O) groups excluding carboxylic acids is 1. The smallest absolute Gasteiger partial charge is 0.295 e. The van der Waals surface area contributed by atoms with Crippen molar-refractivity contribution in [2.24, 2.45) is 0 Å². The number of nitrogens with zero attached hydrogens (tertiary/aromatic N) is 1. The van der Waals surface area contributed by atoms with Gasteiger partial charge in [-0.2, -0.15) is 8.42 Å². The van der Waals surface area contributed by atoms with E-state index in [9.17, 15) is 17.6 Å². The molecule has 1 N–H and O–H groups in total. The summed E-state index contributed by atoms with van der Waals surface area (Å²) < 4.78 is 45.4. The average molecular weight is 386 g/mol. The summed E-state index contributed by atoms with van der Waals surface area (Å²) in [5.41, 5.74) is 2.05. The molecule has 138 valence electrons. The normalized spacial score (nSPS) is 13.4. The molecule has 0 unspecified atom stereocenters. The first-order valence-electron chi connectivity index (χ1n) is 8.22. The summed E-state index contributed by atoms with van der Waals surface area (Å²) in [5, 5.41) is -0.386. The number of carbonyl (C=O) groups is 1. The van der Waals surface area contributed by atoms with Crippen molar-refractivity contribution in [1.82, 2.24) is 0 Å². The predicted molar refractivity (Wildman–Crippen MR) is 97.7 cm³/mol. The number of hydrogen-bond acceptors (Lipinski definition) is 4. The molecular weight excluding hydrogens is 371 g/mol. The van der Waals surface area contributed by atoms with Crippen LogP contribution in [-0.4, -0.2) is 20.9 Å². The van der Waals surface area contributed by atoms with Crippen LogP contribution in [0.4, 0.5) is 15.8 Å². The molecule has 1 aliphatic heterocycles. The maximum absolute atomic E-state index is 13.0. The van der Waals surface area contributed by atoms with E-state index in [1.54, 1.807) is 4.90 Å². The number of nitrogens with one attached hydrogen (secondary N) is 1. The summed E-state index contributed by atoms with van der Waals surface area (Å²) in [4.78, 5) is 14.3. The minimum atomic E-state index is -4.03. The predicted octanol–water partition coefficient (Wildman–Crippen LogP) is 3.42. The first-order valence-corrected chi connectivity index (χ1v) is 9.70. The van der Waals surface area contributed by atoms with E-state index in [0.29, 0.717) is 6.54 Å². The van der Waals surface area contributed by atoms with Gasteiger partial charge in [-0.15, -0.1) is 0 Å². The maximum atomic E-state index is 13.0. The molecule has 0 aliphatic carbocycles. The van der Waals surface area contributed by atoms with Crippen LogP contribution in [0, 0.1) is 5.82 Å². The Morgan fingerprint density at radius 2 is 1.78 bits per heavy atom. The lowest BCUT2D eigenvalue weighted by atomic mass is 10.2. The number of anilines is 2. The fraction of sp³-hybridized carbons (Fsp3) is 0.105. The molecule has 0 radical (unpaired) electrons. The van der Waals surface area contributed by atoms with E-state index in [1.807, 2.05) is 24.3 Å². The second-order valence-electron chi connectivity index (χ2n) is 6.07. The number of furan rings is 1. The highest BCUT2D eigenvalue weighted by Crippen LogP contribution is 2.29. The molecular formula is C19H15FN2O4S. The Kier molecular flexibility index (Phi) is 4.19. The van der Waals surface area contributed by atoms with E-state index in [2.05, 4.69) is 4.72 Å². The minimum absolute atomic E-state index is 0.0637. The van der Waals surface area contributed by atoms with Crippen LogP contribution in [0.25, 0.3) is 0 Å². The zero-order chi connectivity index (χ0) is 19.0. The largest absolute Gasteiger partial charge is 0.438 e. The summed E-state index contributed by atoms with van der Waals surface area (Å²) in [5.74, 6) is -0.941. The Balaban J connectivity index is 1.56. The van der Waals surface area contributed by atoms with Crippen molar-refractivity contribution in [3.63, 3.8) is 0 Å². The van der Waals surface area contributed by atoms with Crippen molar-refractivity contribution in [1.29, 1.82) is 0 Å². The lowest BCUT2D eigenvalue weighted by molar-refractivity contribution is 0.0957. The SMILES string of the molecule is O=C(c1ccc(S(=O)(=O)Nc2ccc(F)cc2)o1)N1CCc2ccccc21. The van der Waals surface area contributed by atoms with Gasteiger partial charge in [0, 0.05) is 17.9 Å². The van der Waals surface area contributed by atoms with Crippen molar-refractivity contribution < 1.29 is 22.0 Å². The Hall–Kier alpha value is -3.13. The van der Waals surface area contributed by atoms with Crippen LogP contribution < -0.4 is 9.62 Å². The standard InChI is InChI=1S/C19H15FN2O4S/c20-14-5-7-15(8-6-14)21-27(24,25)18-10-9-17(26-18)19(23)22-12-11-13-3-1-2-4-16(13)22/h1-10,21H,11-12H2. The minimum Gasteiger partial charge on any atom is -0.438 e. The summed E-state index contributed by atoms with van der Waals surface area (Å²) in [6.45, 7) is 0.509. The third-order valence-electron chi connectivity index (χ3n) is 4.29. The van der Waals surface area contributed by atoms with Gasteiger partial charge in [0.25, 0.3) is 15.9 Å². The lowest BCUT2D eigenvalue weighted by Gasteiger charge is -2.15. The summed E-state index contributed by atoms with van der Waals surface area (Å²) in [6.07, 6.45) is 0.736. The number of hydrogen-bond donors (Lipinski definition) is 1. The molecule has 8 heteroatoms. The molecule has 0 bridgehead atoms. The van der Waals surface area contributed by atoms with Crippen molar-refractivity contribution in [2.45, 2.75) is 11.5 Å². The Labute approximate surface area is 155 Å². The first-order chi connectivity index (χ1) is 12.9. The quantitative estimate of drug-likeness (QED) is 0.745. The number of fused-ring (bicyclic) bond motifs is 1. The lowest BCUT2D eigenvalue weighted by Crippen LogP contribution is -2.28. The molecule has 2 heterocycles. The molecule has 27 heavy (non-hydrogen) atoms. The van der Waals surface area contributed by atoms with Crippen LogP contribution in [0.5, 0.6) is 0 Å². The van der Waals surface area contributed by atoms with E-state index >= 15 is 0 Å². The molecule has 6 nitrogen and oxygen atoms in total. The molecule has 0 saturated heterocycles. The Morgan fingerprint density at radius 3 is 2.56 bits per heavy atom. The van der Waals surface area contributed by atoms with Gasteiger partial charge in [0.2, 0.25) is 5.09 Å². The van der Waals surface area contributed by atoms with Crippen LogP contribution >= 0.6 is 0 Å². The zero-order valence-electron chi connectivity index (χ0n) is 14.1. The maximum Gasteiger partial charge on any atom is 0.295 e. The molecule has 0 fully saturated rings. The van der Waals surface area contributed by atoms with E-state index in [-0.39, 0.29) is 16.5 Å². The van der Waals surface area contributed by atoms with Crippen LogP contribution in [0.1, 0.15) is 16.1 Å². The fourth-order valence-electron chi connectivity index (χ4n) is 2.99. The zero-order valence-corrected chi connectivity index (χ0v) is 14.9. The fourth-order valence-corrected chi connectivity index (χ4v) is 3.98. The van der Waals surface area contributed by atoms with Crippen LogP contribution in [0.2, 0.25) is 0 Å². The van der Waals surface area contributed by atoms with Gasteiger partial charge >= 0.3 is 0 Å². The van der Waals surface area contributed by atoms with Gasteiger partial charge in [-0.3, -0.25) is 9.52 Å². The average Bonchev–Trinajstić information content (AvgIpc) is 3.31. The van der Waals surface area contributed by atoms with Crippen LogP contribution in [-0.2, 0) is 16.4 Å². The number of halogens is 1. The third kappa shape index (κ3) is 3.31. The Bertz CT molecular complexity index is 1110. The molecule has 1 aliphatic rings. The number of rotatable bonds is 4. The highest BCUT2D eigenvalue weighted by Gasteiger charge is 2.29. The second-order valence-corrected chi connectivity index (χ2v) is 7.68. The third-order valence-corrected chi connectivity index (χ3v) is 5.54. The van der Waals surface area contributed by atoms with Gasteiger partial charge in [-0.25, -0.2) is 4.39 Å². The van der Waals surface area contributed by atoms with E-state index in [1.165, 1.54) is 24.3 Å². The molecule has 0 atom stereocenters. The monoisotopic (exact) mass is 386 g/mol. The summed E-state index contributed by atoms with van der Waals surface area (Å²) in [7, 11) is -4.03. The van der Waals surface area contributed by atoms with Gasteiger partial charge in [0.15, 0.2) is 5.76 Å². The highest BCUT2D eigenvalue weighted by molar-refractivity contribution is 7.92. The summed E-state index contributed by atoms with van der Waals surface area (Å²) in [6, 6.07) is 15.0. The first kappa shape index (κ1) is 17.3. The summed E-state index contributed by atoms with van der Waals surface area (Å²) >= 11 is 0. The molecule has 2 aromatic carbocycles. The molecule has 0 spiro atoms. The number of para-hydroxylation sites is 1. The highest BCUT2D eigenvalue weighted by atomic mass is 32.2. The van der Waals surface area contributed by atoms with Gasteiger partial charge in [0.1, 0.15) is 5.82 Å². The molecule has 1 aromatic heterocycles. The second kappa shape index (κ2) is 6.55. The molecule has 3 aromatic rings. The van der Waals surface area contributed by atoms with Gasteiger partial charge < -0.3 is 9.32 Å². The van der Waals surface area contributed by atoms with Crippen molar-refractivity contribution in [3.05, 3.63) is 77.8 Å². The van der Waals surface area contributed by atoms with E-state index < -0.39 is 21.7 Å². The topological polar surface area (TPSA) is 79.6 Å². The number of sulfonamides is 1. The van der Waals surface area contributed by atoms with Gasteiger partial charge in [0.05, 0.1) is 0 Å². The van der Waals surface area contributed by atoms with E-state index in [0.717, 1.165) is 29.8 Å². The van der Waals surface area contributed by atoms with Crippen molar-refractivity contribution in [2.75, 3.05) is 16.2 Å². The van der Waals surface area contributed by atoms with Gasteiger partial charge in [-0.05, 0) is 54.4 Å². The molecule has 1 amide bonds. The van der Waals surface area contributed by atoms with Crippen LogP contribution in [0.15, 0.2) is 70.2 Å². The molecule has 4 rings (SSSR count). The van der Waals surface area contributed by atoms with Crippen LogP contribution in [0.3, 0.4) is 0 Å². The van der Waals surface area contributed by atoms with Crippen molar-refractivity contribution in [3.8, 4) is 0 Å². The Morgan fingerprint density at radius 1 is 1.04 bits per heavy atom. The number of benzene rings is 2. The van der Waals surface area contributed by atoms with Crippen molar-refractivity contribution >= 4 is 27.3 Å².